The van der Waals surface area contributed by atoms with Crippen LogP contribution in [0.5, 0.6) is 0 Å². The van der Waals surface area contributed by atoms with Gasteiger partial charge in [-0.25, -0.2) is 4.39 Å². The molecule has 1 aromatic carbocycles. The van der Waals surface area contributed by atoms with Crippen LogP contribution in [0.15, 0.2) is 41.0 Å². The van der Waals surface area contributed by atoms with Crippen molar-refractivity contribution in [3.8, 4) is 0 Å². The first-order valence-electron chi connectivity index (χ1n) is 4.69. The Bertz CT molecular complexity index is 499. The van der Waals surface area contributed by atoms with Crippen molar-refractivity contribution in [2.75, 3.05) is 0 Å². The van der Waals surface area contributed by atoms with E-state index in [1.54, 1.807) is 18.3 Å². The van der Waals surface area contributed by atoms with Crippen molar-refractivity contribution in [1.29, 1.82) is 0 Å². The van der Waals surface area contributed by atoms with Gasteiger partial charge in [0.1, 0.15) is 5.82 Å². The maximum absolute atomic E-state index is 13.2. The summed E-state index contributed by atoms with van der Waals surface area (Å²) in [5, 5.41) is 0.146. The Morgan fingerprint density at radius 3 is 2.69 bits per heavy atom. The summed E-state index contributed by atoms with van der Waals surface area (Å²) in [5.41, 5.74) is 1.75. The lowest BCUT2D eigenvalue weighted by atomic mass is 10.1. The molecule has 0 radical (unpaired) electrons. The molecular weight excluding hydrogens is 292 g/mol. The Morgan fingerprint density at radius 1 is 1.25 bits per heavy atom. The number of hydrogen-bond donors (Lipinski definition) is 0. The van der Waals surface area contributed by atoms with Crippen LogP contribution in [0, 0.1) is 5.82 Å². The Morgan fingerprint density at radius 2 is 2.06 bits per heavy atom. The number of hydrogen-bond acceptors (Lipinski definition) is 1. The van der Waals surface area contributed by atoms with Gasteiger partial charge in [-0.15, -0.1) is 0 Å². The summed E-state index contributed by atoms with van der Waals surface area (Å²) in [6.07, 6.45) is 2.32. The van der Waals surface area contributed by atoms with Gasteiger partial charge < -0.3 is 0 Å². The minimum Gasteiger partial charge on any atom is -0.260 e. The summed E-state index contributed by atoms with van der Waals surface area (Å²) in [5.74, 6) is -0.392. The van der Waals surface area contributed by atoms with Gasteiger partial charge in [0.15, 0.2) is 0 Å². The summed E-state index contributed by atoms with van der Waals surface area (Å²) in [7, 11) is 0. The topological polar surface area (TPSA) is 12.9 Å². The van der Waals surface area contributed by atoms with Crippen LogP contribution >= 0.6 is 27.5 Å². The molecule has 0 unspecified atom stereocenters. The van der Waals surface area contributed by atoms with Crippen molar-refractivity contribution in [3.05, 3.63) is 63.1 Å². The fraction of sp³-hybridized carbons (Fsp3) is 0.0833. The second-order valence-electron chi connectivity index (χ2n) is 3.39. The molecule has 0 aliphatic heterocycles. The van der Waals surface area contributed by atoms with Crippen LogP contribution in [-0.4, -0.2) is 4.98 Å². The highest BCUT2D eigenvalue weighted by atomic mass is 79.9. The number of benzene rings is 1. The van der Waals surface area contributed by atoms with Crippen LogP contribution in [0.4, 0.5) is 4.39 Å². The number of aromatic nitrogens is 1. The average molecular weight is 301 g/mol. The lowest BCUT2D eigenvalue weighted by molar-refractivity contribution is 0.626. The summed E-state index contributed by atoms with van der Waals surface area (Å²) >= 11 is 8.92. The summed E-state index contributed by atoms with van der Waals surface area (Å²) in [6, 6.07) is 8.61. The largest absolute Gasteiger partial charge is 0.260 e. The molecule has 1 heterocycles. The van der Waals surface area contributed by atoms with E-state index in [-0.39, 0.29) is 5.02 Å². The molecular formula is C12H8BrClFN. The van der Waals surface area contributed by atoms with Crippen LogP contribution in [0.25, 0.3) is 0 Å². The van der Waals surface area contributed by atoms with E-state index in [4.69, 9.17) is 11.6 Å². The van der Waals surface area contributed by atoms with Crippen LogP contribution in [-0.2, 0) is 6.42 Å². The molecule has 0 atom stereocenters. The number of pyridine rings is 1. The van der Waals surface area contributed by atoms with Crippen molar-refractivity contribution in [3.63, 3.8) is 0 Å². The van der Waals surface area contributed by atoms with Crippen molar-refractivity contribution in [2.24, 2.45) is 0 Å². The standard InChI is InChI=1S/C12H8BrClFN/c13-9-2-3-10(16-7-9)5-8-1-4-11(14)12(15)6-8/h1-4,6-7H,5H2. The van der Waals surface area contributed by atoms with Crippen molar-refractivity contribution < 1.29 is 4.39 Å². The third-order valence-electron chi connectivity index (χ3n) is 2.16. The Balaban J connectivity index is 2.20. The molecule has 4 heteroatoms. The number of nitrogens with zero attached hydrogens (tertiary/aromatic N) is 1. The molecule has 2 aromatic rings. The third-order valence-corrected chi connectivity index (χ3v) is 2.93. The molecule has 0 saturated carbocycles. The van der Waals surface area contributed by atoms with Crippen LogP contribution < -0.4 is 0 Å². The van der Waals surface area contributed by atoms with Gasteiger partial charge in [-0.1, -0.05) is 17.7 Å². The van der Waals surface area contributed by atoms with Crippen LogP contribution in [0.3, 0.4) is 0 Å². The van der Waals surface area contributed by atoms with Gasteiger partial charge in [0.25, 0.3) is 0 Å². The highest BCUT2D eigenvalue weighted by Gasteiger charge is 2.02. The lowest BCUT2D eigenvalue weighted by Gasteiger charge is -2.02. The number of rotatable bonds is 2. The minimum atomic E-state index is -0.392. The Hall–Kier alpha value is -0.930. The first kappa shape index (κ1) is 11.6. The number of halogens is 3. The second-order valence-corrected chi connectivity index (χ2v) is 4.72. The highest BCUT2D eigenvalue weighted by molar-refractivity contribution is 9.10. The molecule has 1 nitrogen and oxygen atoms in total. The molecule has 0 amide bonds. The first-order chi connectivity index (χ1) is 7.65. The molecule has 0 fully saturated rings. The SMILES string of the molecule is Fc1cc(Cc2ccc(Br)cn2)ccc1Cl. The van der Waals surface area contributed by atoms with Crippen LogP contribution in [0.2, 0.25) is 5.02 Å². The molecule has 16 heavy (non-hydrogen) atoms. The third kappa shape index (κ3) is 2.80. The average Bonchev–Trinajstić information content (AvgIpc) is 2.27. The molecule has 0 aliphatic rings. The summed E-state index contributed by atoms with van der Waals surface area (Å²) in [6.45, 7) is 0. The zero-order valence-corrected chi connectivity index (χ0v) is 10.6. The molecule has 0 spiro atoms. The van der Waals surface area contributed by atoms with Gasteiger partial charge in [-0.3, -0.25) is 4.98 Å². The van der Waals surface area contributed by atoms with Crippen molar-refractivity contribution in [1.82, 2.24) is 4.98 Å². The molecule has 0 bridgehead atoms. The summed E-state index contributed by atoms with van der Waals surface area (Å²) in [4.78, 5) is 4.22. The van der Waals surface area contributed by atoms with Crippen molar-refractivity contribution in [2.45, 2.75) is 6.42 Å². The minimum absolute atomic E-state index is 0.146. The van der Waals surface area contributed by atoms with E-state index in [1.165, 1.54) is 6.07 Å². The van der Waals surface area contributed by atoms with Gasteiger partial charge in [0, 0.05) is 22.8 Å². The van der Waals surface area contributed by atoms with E-state index in [1.807, 2.05) is 12.1 Å². The molecule has 82 valence electrons. The monoisotopic (exact) mass is 299 g/mol. The van der Waals surface area contributed by atoms with Crippen LogP contribution in [0.1, 0.15) is 11.3 Å². The Kier molecular flexibility index (Phi) is 3.56. The van der Waals surface area contributed by atoms with Crippen molar-refractivity contribution >= 4 is 27.5 Å². The maximum Gasteiger partial charge on any atom is 0.142 e. The maximum atomic E-state index is 13.2. The molecule has 2 rings (SSSR count). The van der Waals surface area contributed by atoms with E-state index in [0.717, 1.165) is 15.7 Å². The van der Waals surface area contributed by atoms with E-state index >= 15 is 0 Å². The predicted octanol–water partition coefficient (Wildman–Crippen LogP) is 4.23. The normalized spacial score (nSPS) is 10.4. The second kappa shape index (κ2) is 4.93. The smallest absolute Gasteiger partial charge is 0.142 e. The fourth-order valence-electron chi connectivity index (χ4n) is 1.37. The fourth-order valence-corrected chi connectivity index (χ4v) is 1.72. The van der Waals surface area contributed by atoms with Gasteiger partial charge in [-0.2, -0.15) is 0 Å². The zero-order valence-electron chi connectivity index (χ0n) is 8.25. The van der Waals surface area contributed by atoms with Gasteiger partial charge in [0.2, 0.25) is 0 Å². The van der Waals surface area contributed by atoms with E-state index in [2.05, 4.69) is 20.9 Å². The van der Waals surface area contributed by atoms with Gasteiger partial charge in [0.05, 0.1) is 5.02 Å². The molecule has 0 aliphatic carbocycles. The highest BCUT2D eigenvalue weighted by Crippen LogP contribution is 2.17. The molecule has 0 N–H and O–H groups in total. The quantitative estimate of drug-likeness (QED) is 0.809. The van der Waals surface area contributed by atoms with Gasteiger partial charge >= 0.3 is 0 Å². The molecule has 0 saturated heterocycles. The predicted molar refractivity (Wildman–Crippen MR) is 66.2 cm³/mol. The van der Waals surface area contributed by atoms with E-state index < -0.39 is 5.82 Å². The summed E-state index contributed by atoms with van der Waals surface area (Å²) < 4.78 is 14.1. The molecule has 1 aromatic heterocycles. The zero-order chi connectivity index (χ0) is 11.5. The van der Waals surface area contributed by atoms with E-state index in [9.17, 15) is 4.39 Å². The Labute approximate surface area is 106 Å². The van der Waals surface area contributed by atoms with E-state index in [0.29, 0.717) is 6.42 Å². The first-order valence-corrected chi connectivity index (χ1v) is 5.86. The lowest BCUT2D eigenvalue weighted by Crippen LogP contribution is -1.92. The van der Waals surface area contributed by atoms with Gasteiger partial charge in [-0.05, 0) is 45.8 Å².